The average molecular weight is 569 g/mol. The molecule has 1 fully saturated rings. The van der Waals surface area contributed by atoms with Crippen molar-refractivity contribution in [2.75, 3.05) is 24.2 Å². The van der Waals surface area contributed by atoms with Crippen LogP contribution in [0.25, 0.3) is 22.0 Å². The molecule has 0 amide bonds. The van der Waals surface area contributed by atoms with Crippen LogP contribution in [0.1, 0.15) is 30.9 Å². The van der Waals surface area contributed by atoms with Gasteiger partial charge in [-0.05, 0) is 42.5 Å². The number of fused-ring (bicyclic) bond motifs is 1. The molecule has 0 aliphatic carbocycles. The molecule has 9 nitrogen and oxygen atoms in total. The molecule has 12 heteroatoms. The Balaban J connectivity index is 1.50. The molecule has 0 spiro atoms. The van der Waals surface area contributed by atoms with Gasteiger partial charge in [0.15, 0.2) is 9.84 Å². The zero-order chi connectivity index (χ0) is 28.3. The Bertz CT molecular complexity index is 1640. The summed E-state index contributed by atoms with van der Waals surface area (Å²) in [5.74, 6) is -0.0455. The van der Waals surface area contributed by atoms with Crippen molar-refractivity contribution < 1.29 is 21.9 Å². The van der Waals surface area contributed by atoms with E-state index in [1.807, 2.05) is 6.92 Å². The van der Waals surface area contributed by atoms with Crippen LogP contribution in [0.15, 0.2) is 49.1 Å². The first-order valence-corrected chi connectivity index (χ1v) is 14.9. The van der Waals surface area contributed by atoms with Crippen molar-refractivity contribution in [2.24, 2.45) is 0 Å². The van der Waals surface area contributed by atoms with Crippen molar-refractivity contribution >= 4 is 26.6 Å². The fourth-order valence-electron chi connectivity index (χ4n) is 4.84. The first-order chi connectivity index (χ1) is 19.2. The molecule has 0 unspecified atom stereocenters. The minimum absolute atomic E-state index is 0.0241. The van der Waals surface area contributed by atoms with Gasteiger partial charge in [0.25, 0.3) is 0 Å². The second-order valence-corrected chi connectivity index (χ2v) is 12.1. The Hall–Kier alpha value is -3.77. The standard InChI is InChI=1S/C28H30F2N6O3S/c1-3-10-40(37,38)15-23-20-5-4-17(2)26(21(20)6-7-24(23)30)39-27-22(14-32-16-34-27)25-8-9-33-28(36-25)35-19-11-18(29)12-31-13-19/h4-9,14,16,18-19,31H,3,10-13,15H2,1-2H3,(H,33,35,36)/t18-,19-/m0/s1. The highest BCUT2D eigenvalue weighted by Crippen LogP contribution is 2.38. The fraction of sp³-hybridized carbons (Fsp3) is 0.357. The number of rotatable bonds is 9. The fourth-order valence-corrected chi connectivity index (χ4v) is 6.34. The molecule has 0 saturated carbocycles. The van der Waals surface area contributed by atoms with E-state index < -0.39 is 27.6 Å². The smallest absolute Gasteiger partial charge is 0.231 e. The lowest BCUT2D eigenvalue weighted by atomic mass is 10.0. The van der Waals surface area contributed by atoms with Crippen LogP contribution < -0.4 is 15.4 Å². The molecule has 2 aromatic carbocycles. The third kappa shape index (κ3) is 6.18. The lowest BCUT2D eigenvalue weighted by Gasteiger charge is -2.26. The summed E-state index contributed by atoms with van der Waals surface area (Å²) in [6, 6.07) is 7.84. The van der Waals surface area contributed by atoms with Crippen LogP contribution in [0.5, 0.6) is 11.6 Å². The van der Waals surface area contributed by atoms with E-state index >= 15 is 0 Å². The minimum atomic E-state index is -3.49. The summed E-state index contributed by atoms with van der Waals surface area (Å²) >= 11 is 0. The zero-order valence-corrected chi connectivity index (χ0v) is 23.0. The van der Waals surface area contributed by atoms with Crippen molar-refractivity contribution in [3.63, 3.8) is 0 Å². The number of halogens is 2. The summed E-state index contributed by atoms with van der Waals surface area (Å²) in [6.45, 7) is 4.54. The lowest BCUT2D eigenvalue weighted by Crippen LogP contribution is -2.44. The molecular weight excluding hydrogens is 538 g/mol. The number of hydrogen-bond acceptors (Lipinski definition) is 9. The Kier molecular flexibility index (Phi) is 8.17. The van der Waals surface area contributed by atoms with Crippen LogP contribution in [-0.4, -0.2) is 59.4 Å². The van der Waals surface area contributed by atoms with E-state index in [9.17, 15) is 17.2 Å². The van der Waals surface area contributed by atoms with Crippen molar-refractivity contribution in [3.8, 4) is 22.9 Å². The number of aromatic nitrogens is 4. The molecule has 3 heterocycles. The van der Waals surface area contributed by atoms with Gasteiger partial charge in [0.05, 0.1) is 22.8 Å². The molecular formula is C28H30F2N6O3S. The molecule has 1 aliphatic rings. The maximum absolute atomic E-state index is 14.9. The highest BCUT2D eigenvalue weighted by Gasteiger charge is 2.23. The maximum Gasteiger partial charge on any atom is 0.231 e. The Morgan fingerprint density at radius 2 is 1.95 bits per heavy atom. The third-order valence-electron chi connectivity index (χ3n) is 6.72. The summed E-state index contributed by atoms with van der Waals surface area (Å²) in [7, 11) is -3.49. The van der Waals surface area contributed by atoms with E-state index in [2.05, 4.69) is 30.6 Å². The van der Waals surface area contributed by atoms with Gasteiger partial charge >= 0.3 is 0 Å². The van der Waals surface area contributed by atoms with Gasteiger partial charge in [0, 0.05) is 48.9 Å². The quantitative estimate of drug-likeness (QED) is 0.294. The van der Waals surface area contributed by atoms with Crippen LogP contribution in [0.3, 0.4) is 0 Å². The number of nitrogens with zero attached hydrogens (tertiary/aromatic N) is 4. The number of anilines is 1. The van der Waals surface area contributed by atoms with Gasteiger partial charge in [-0.15, -0.1) is 0 Å². The maximum atomic E-state index is 14.9. The summed E-state index contributed by atoms with van der Waals surface area (Å²) in [4.78, 5) is 17.3. The van der Waals surface area contributed by atoms with Crippen molar-refractivity contribution in [1.29, 1.82) is 0 Å². The minimum Gasteiger partial charge on any atom is -0.437 e. The lowest BCUT2D eigenvalue weighted by molar-refractivity contribution is 0.254. The number of piperidine rings is 1. The number of sulfone groups is 1. The van der Waals surface area contributed by atoms with Crippen LogP contribution in [0.2, 0.25) is 0 Å². The average Bonchev–Trinajstić information content (AvgIpc) is 2.92. The van der Waals surface area contributed by atoms with Gasteiger partial charge in [-0.25, -0.2) is 37.1 Å². The summed E-state index contributed by atoms with van der Waals surface area (Å²) in [6.07, 6.45) is 4.36. The van der Waals surface area contributed by atoms with Gasteiger partial charge < -0.3 is 15.4 Å². The molecule has 5 rings (SSSR count). The van der Waals surface area contributed by atoms with E-state index in [0.717, 1.165) is 5.56 Å². The number of alkyl halides is 1. The summed E-state index contributed by atoms with van der Waals surface area (Å²) in [5, 5.41) is 7.23. The van der Waals surface area contributed by atoms with Crippen LogP contribution >= 0.6 is 0 Å². The number of ether oxygens (including phenoxy) is 1. The first-order valence-electron chi connectivity index (χ1n) is 13.1. The number of nitrogens with one attached hydrogen (secondary N) is 2. The number of benzene rings is 2. The zero-order valence-electron chi connectivity index (χ0n) is 22.2. The summed E-state index contributed by atoms with van der Waals surface area (Å²) < 4.78 is 60.1. The van der Waals surface area contributed by atoms with Gasteiger partial charge in [0.2, 0.25) is 11.8 Å². The van der Waals surface area contributed by atoms with Crippen LogP contribution in [0, 0.1) is 12.7 Å². The molecule has 2 aromatic heterocycles. The molecule has 0 radical (unpaired) electrons. The molecule has 210 valence electrons. The molecule has 1 saturated heterocycles. The largest absolute Gasteiger partial charge is 0.437 e. The van der Waals surface area contributed by atoms with E-state index in [0.29, 0.717) is 59.7 Å². The van der Waals surface area contributed by atoms with E-state index in [1.54, 1.807) is 43.6 Å². The molecule has 2 N–H and O–H groups in total. The molecule has 2 atom stereocenters. The predicted octanol–water partition coefficient (Wildman–Crippen LogP) is 4.76. The van der Waals surface area contributed by atoms with Crippen LogP contribution in [0.4, 0.5) is 14.7 Å². The van der Waals surface area contributed by atoms with Gasteiger partial charge in [-0.2, -0.15) is 0 Å². The summed E-state index contributed by atoms with van der Waals surface area (Å²) in [5.41, 5.74) is 1.84. The van der Waals surface area contributed by atoms with E-state index in [4.69, 9.17) is 4.74 Å². The van der Waals surface area contributed by atoms with Crippen molar-refractivity contribution in [2.45, 2.75) is 44.7 Å². The van der Waals surface area contributed by atoms with Gasteiger partial charge in [0.1, 0.15) is 24.1 Å². The Morgan fingerprint density at radius 3 is 2.75 bits per heavy atom. The normalized spacial score (nSPS) is 17.6. The monoisotopic (exact) mass is 568 g/mol. The molecule has 40 heavy (non-hydrogen) atoms. The SMILES string of the molecule is CCCS(=O)(=O)Cc1c(F)ccc2c(Oc3ncncc3-c3ccnc(N[C@@H]4CNC[C@@H](F)C4)n3)c(C)ccc12. The topological polar surface area (TPSA) is 119 Å². The number of hydrogen-bond donors (Lipinski definition) is 2. The molecule has 0 bridgehead atoms. The second-order valence-electron chi connectivity index (χ2n) is 9.87. The van der Waals surface area contributed by atoms with Gasteiger partial charge in [-0.3, -0.25) is 0 Å². The number of aryl methyl sites for hydroxylation is 1. The Morgan fingerprint density at radius 1 is 1.12 bits per heavy atom. The van der Waals surface area contributed by atoms with E-state index in [1.165, 1.54) is 12.4 Å². The van der Waals surface area contributed by atoms with Crippen molar-refractivity contribution in [1.82, 2.24) is 25.3 Å². The van der Waals surface area contributed by atoms with Gasteiger partial charge in [-0.1, -0.05) is 19.1 Å². The highest BCUT2D eigenvalue weighted by molar-refractivity contribution is 7.90. The first kappa shape index (κ1) is 27.8. The predicted molar refractivity (Wildman–Crippen MR) is 149 cm³/mol. The highest BCUT2D eigenvalue weighted by atomic mass is 32.2. The van der Waals surface area contributed by atoms with Crippen LogP contribution in [-0.2, 0) is 15.6 Å². The third-order valence-corrected chi connectivity index (χ3v) is 8.48. The molecule has 4 aromatic rings. The molecule has 1 aliphatic heterocycles. The van der Waals surface area contributed by atoms with E-state index in [-0.39, 0.29) is 23.2 Å². The second kappa shape index (κ2) is 11.8. The van der Waals surface area contributed by atoms with Crippen molar-refractivity contribution in [3.05, 3.63) is 66.0 Å². The Labute approximate surface area is 231 Å².